The molecule has 1 unspecified atom stereocenters. The molecule has 0 aromatic heterocycles. The van der Waals surface area contributed by atoms with Crippen molar-refractivity contribution in [2.24, 2.45) is 0 Å². The Balaban J connectivity index is 0.00000324. The zero-order valence-electron chi connectivity index (χ0n) is 21.5. The molecule has 0 aliphatic carbocycles. The highest BCUT2D eigenvalue weighted by Gasteiger charge is 2.34. The monoisotopic (exact) mass is 419 g/mol. The van der Waals surface area contributed by atoms with Gasteiger partial charge in [-0.05, 0) is 49.8 Å². The summed E-state index contributed by atoms with van der Waals surface area (Å²) in [5.74, 6) is -0.297. The number of nitrogens with zero attached hydrogens (tertiary/aromatic N) is 2. The highest BCUT2D eigenvalue weighted by Crippen LogP contribution is 2.27. The molecule has 2 aliphatic rings. The summed E-state index contributed by atoms with van der Waals surface area (Å²) in [7, 11) is 0. The lowest BCUT2D eigenvalue weighted by Gasteiger charge is -2.39. The number of benzene rings is 2. The topological polar surface area (TPSA) is 32.8 Å². The molecule has 29 heavy (non-hydrogen) atoms. The van der Waals surface area contributed by atoms with Gasteiger partial charge in [0.1, 0.15) is 6.10 Å². The fourth-order valence-corrected chi connectivity index (χ4v) is 4.10. The summed E-state index contributed by atoms with van der Waals surface area (Å²) in [5.41, 5.74) is 1.26. The van der Waals surface area contributed by atoms with E-state index in [1.54, 1.807) is 0 Å². The Labute approximate surface area is 187 Å². The second-order valence-electron chi connectivity index (χ2n) is 7.49. The number of hydrogen-bond acceptors (Lipinski definition) is 3. The van der Waals surface area contributed by atoms with Crippen molar-refractivity contribution < 1.29 is 16.4 Å². The van der Waals surface area contributed by atoms with Gasteiger partial charge in [0, 0.05) is 38.0 Å². The third kappa shape index (κ3) is 5.59. The maximum atomic E-state index is 13.5. The van der Waals surface area contributed by atoms with Crippen LogP contribution in [0, 0.1) is 0 Å². The van der Waals surface area contributed by atoms with Crippen molar-refractivity contribution in [3.05, 3.63) is 66.1 Å². The highest BCUT2D eigenvalue weighted by molar-refractivity contribution is 5.97. The van der Waals surface area contributed by atoms with Gasteiger partial charge in [0.05, 0.1) is 6.85 Å². The van der Waals surface area contributed by atoms with E-state index in [-0.39, 0.29) is 42.1 Å². The molecule has 156 valence electrons. The summed E-state index contributed by atoms with van der Waals surface area (Å²) >= 11 is 0. The number of halogens is 1. The van der Waals surface area contributed by atoms with Crippen LogP contribution in [0.5, 0.6) is 0 Å². The summed E-state index contributed by atoms with van der Waals surface area (Å²) in [5, 5.41) is 0. The zero-order valence-corrected chi connectivity index (χ0v) is 17.3. The van der Waals surface area contributed by atoms with Crippen LogP contribution in [-0.2, 0) is 16.0 Å². The van der Waals surface area contributed by atoms with Crippen LogP contribution in [0.15, 0.2) is 60.5 Å². The molecule has 2 aliphatic heterocycles. The normalized spacial score (nSPS) is 22.6. The van der Waals surface area contributed by atoms with Crippen LogP contribution in [0.25, 0.3) is 0 Å². The maximum absolute atomic E-state index is 13.5. The molecule has 0 spiro atoms. The predicted octanol–water partition coefficient (Wildman–Crippen LogP) is 4.33. The highest BCUT2D eigenvalue weighted by atomic mass is 35.5. The van der Waals surface area contributed by atoms with Gasteiger partial charge >= 0.3 is 0 Å². The first-order valence-electron chi connectivity index (χ1n) is 12.7. The molecule has 0 bridgehead atoms. The summed E-state index contributed by atoms with van der Waals surface area (Å²) < 4.78 is 46.6. The van der Waals surface area contributed by atoms with Gasteiger partial charge in [-0.25, -0.2) is 0 Å². The van der Waals surface area contributed by atoms with Gasteiger partial charge in [0.25, 0.3) is 5.91 Å². The van der Waals surface area contributed by atoms with Gasteiger partial charge in [-0.2, -0.15) is 0 Å². The van der Waals surface area contributed by atoms with Crippen LogP contribution in [0.2, 0.25) is 0 Å². The van der Waals surface area contributed by atoms with E-state index in [0.29, 0.717) is 25.9 Å². The fraction of sp³-hybridized carbons (Fsp3) is 0.458. The predicted molar refractivity (Wildman–Crippen MR) is 120 cm³/mol. The van der Waals surface area contributed by atoms with Gasteiger partial charge in [-0.1, -0.05) is 48.5 Å². The Morgan fingerprint density at radius 2 is 1.83 bits per heavy atom. The van der Waals surface area contributed by atoms with Crippen LogP contribution in [0.3, 0.4) is 0 Å². The van der Waals surface area contributed by atoms with Crippen molar-refractivity contribution in [3.8, 4) is 0 Å². The van der Waals surface area contributed by atoms with Gasteiger partial charge in [0.2, 0.25) is 0 Å². The second kappa shape index (κ2) is 10.8. The van der Waals surface area contributed by atoms with Gasteiger partial charge in [-0.15, -0.1) is 12.4 Å². The van der Waals surface area contributed by atoms with Gasteiger partial charge in [0.15, 0.2) is 0 Å². The summed E-state index contributed by atoms with van der Waals surface area (Å²) in [6, 6.07) is 8.12. The zero-order chi connectivity index (χ0) is 23.5. The number of rotatable bonds is 6. The molecule has 0 N–H and O–H groups in total. The molecule has 0 saturated carbocycles. The first-order valence-corrected chi connectivity index (χ1v) is 10.2. The molecule has 1 amide bonds. The number of piperidine rings is 1. The average Bonchev–Trinajstić information content (AvgIpc) is 3.39. The van der Waals surface area contributed by atoms with E-state index in [2.05, 4.69) is 17.0 Å². The van der Waals surface area contributed by atoms with Crippen molar-refractivity contribution in [2.75, 3.05) is 31.1 Å². The van der Waals surface area contributed by atoms with Crippen molar-refractivity contribution in [3.63, 3.8) is 0 Å². The molecule has 4 rings (SSSR count). The third-order valence-corrected chi connectivity index (χ3v) is 5.65. The first-order chi connectivity index (χ1) is 15.9. The van der Waals surface area contributed by atoms with E-state index in [1.807, 2.05) is 18.2 Å². The Morgan fingerprint density at radius 1 is 1.10 bits per heavy atom. The quantitative estimate of drug-likeness (QED) is 0.698. The van der Waals surface area contributed by atoms with E-state index in [1.165, 1.54) is 10.5 Å². The SMILES string of the molecule is Cl.[2H]c1c([2H])c([2H])c(N(C(=O)C2CCCO2)C2CCN(CCc3ccccc3)CC2)c([2H])c1[2H]. The fourth-order valence-electron chi connectivity index (χ4n) is 4.10. The number of carbonyl (C=O) groups is 1. The Bertz CT molecular complexity index is 968. The van der Waals surface area contributed by atoms with Crippen LogP contribution in [0.4, 0.5) is 5.69 Å². The summed E-state index contributed by atoms with van der Waals surface area (Å²) in [4.78, 5) is 17.3. The lowest BCUT2D eigenvalue weighted by Crippen LogP contribution is -2.50. The smallest absolute Gasteiger partial charge is 0.256 e. The molecule has 2 aromatic rings. The number of carbonyl (C=O) groups excluding carboxylic acids is 1. The number of ether oxygens (including phenoxy) is 1. The molecule has 4 nitrogen and oxygen atoms in total. The molecule has 2 aromatic carbocycles. The molecule has 0 radical (unpaired) electrons. The Morgan fingerprint density at radius 3 is 2.48 bits per heavy atom. The van der Waals surface area contributed by atoms with Crippen LogP contribution in [0.1, 0.15) is 38.1 Å². The molecule has 2 heterocycles. The van der Waals surface area contributed by atoms with E-state index in [9.17, 15) is 4.79 Å². The van der Waals surface area contributed by atoms with Crippen LogP contribution >= 0.6 is 12.4 Å². The second-order valence-corrected chi connectivity index (χ2v) is 7.49. The van der Waals surface area contributed by atoms with Crippen molar-refractivity contribution in [2.45, 2.75) is 44.2 Å². The van der Waals surface area contributed by atoms with Gasteiger partial charge < -0.3 is 14.5 Å². The number of hydrogen-bond donors (Lipinski definition) is 0. The van der Waals surface area contributed by atoms with E-state index in [0.717, 1.165) is 32.5 Å². The lowest BCUT2D eigenvalue weighted by molar-refractivity contribution is -0.128. The van der Waals surface area contributed by atoms with E-state index >= 15 is 0 Å². The van der Waals surface area contributed by atoms with Crippen molar-refractivity contribution in [1.82, 2.24) is 4.90 Å². The molecule has 1 atom stereocenters. The Hall–Kier alpha value is -1.88. The average molecular weight is 420 g/mol. The van der Waals surface area contributed by atoms with Crippen molar-refractivity contribution >= 4 is 24.0 Å². The molecule has 5 heteroatoms. The number of para-hydroxylation sites is 1. The number of anilines is 1. The third-order valence-electron chi connectivity index (χ3n) is 5.65. The largest absolute Gasteiger partial charge is 0.368 e. The Kier molecular flexibility index (Phi) is 5.90. The molecular weight excluding hydrogens is 384 g/mol. The minimum absolute atomic E-state index is 0. The summed E-state index contributed by atoms with van der Waals surface area (Å²) in [6.07, 6.45) is 3.05. The minimum Gasteiger partial charge on any atom is -0.368 e. The van der Waals surface area contributed by atoms with Crippen molar-refractivity contribution in [1.29, 1.82) is 0 Å². The molecular formula is C24H31ClN2O2. The molecule has 2 saturated heterocycles. The number of amides is 1. The molecule has 2 fully saturated rings. The van der Waals surface area contributed by atoms with E-state index < -0.39 is 24.2 Å². The lowest BCUT2D eigenvalue weighted by atomic mass is 10.00. The summed E-state index contributed by atoms with van der Waals surface area (Å²) in [6.45, 7) is 2.99. The van der Waals surface area contributed by atoms with E-state index in [4.69, 9.17) is 11.6 Å². The number of likely N-dealkylation sites (tertiary alicyclic amines) is 1. The standard InChI is InChI=1S/C24H30N2O2.ClH/c27-24(23-12-7-19-28-23)26(21-10-5-2-6-11-21)22-14-17-25(18-15-22)16-13-20-8-3-1-4-9-20;/h1-6,8-11,22-23H,7,12-19H2;1H/i2D,5D,6D,10D,11D;. The van der Waals surface area contributed by atoms with Gasteiger partial charge in [-0.3, -0.25) is 4.79 Å². The van der Waals surface area contributed by atoms with Crippen LogP contribution in [-0.4, -0.2) is 49.2 Å². The minimum atomic E-state index is -0.626. The maximum Gasteiger partial charge on any atom is 0.256 e. The first kappa shape index (κ1) is 15.9. The van der Waals surface area contributed by atoms with Crippen LogP contribution < -0.4 is 4.90 Å².